The first-order chi connectivity index (χ1) is 11.0. The SMILES string of the molecule is COC(CN)CC(=O)NC(C)(C)c1cn(-c2ccccc2)nn1. The summed E-state index contributed by atoms with van der Waals surface area (Å²) in [5.41, 5.74) is 6.49. The van der Waals surface area contributed by atoms with Crippen molar-refractivity contribution >= 4 is 5.91 Å². The number of methoxy groups -OCH3 is 1. The molecule has 0 bridgehead atoms. The van der Waals surface area contributed by atoms with Gasteiger partial charge in [0, 0.05) is 13.7 Å². The van der Waals surface area contributed by atoms with Crippen LogP contribution in [0, 0.1) is 0 Å². The molecule has 0 saturated heterocycles. The van der Waals surface area contributed by atoms with E-state index in [1.807, 2.05) is 50.4 Å². The molecular formula is C16H23N5O2. The van der Waals surface area contributed by atoms with Crippen LogP contribution in [0.25, 0.3) is 5.69 Å². The predicted octanol–water partition coefficient (Wildman–Crippen LogP) is 0.982. The number of hydrogen-bond acceptors (Lipinski definition) is 5. The zero-order valence-corrected chi connectivity index (χ0v) is 13.7. The Morgan fingerprint density at radius 1 is 1.39 bits per heavy atom. The normalized spacial score (nSPS) is 12.9. The Morgan fingerprint density at radius 3 is 2.70 bits per heavy atom. The smallest absolute Gasteiger partial charge is 0.223 e. The third-order valence-corrected chi connectivity index (χ3v) is 3.62. The standard InChI is InChI=1S/C16H23N5O2/c1-16(2,18-15(22)9-13(10-17)23-3)14-11-21(20-19-14)12-7-5-4-6-8-12/h4-8,11,13H,9-10,17H2,1-3H3,(H,18,22). The van der Waals surface area contributed by atoms with Crippen LogP contribution in [-0.2, 0) is 15.1 Å². The van der Waals surface area contributed by atoms with Crippen LogP contribution in [0.15, 0.2) is 36.5 Å². The maximum Gasteiger partial charge on any atom is 0.223 e. The number of ether oxygens (including phenoxy) is 1. The highest BCUT2D eigenvalue weighted by Gasteiger charge is 2.27. The van der Waals surface area contributed by atoms with Crippen LogP contribution in [-0.4, -0.2) is 40.7 Å². The number of nitrogens with zero attached hydrogens (tertiary/aromatic N) is 3. The molecule has 1 atom stereocenters. The number of carbonyl (C=O) groups is 1. The Kier molecular flexibility index (Phi) is 5.46. The number of nitrogens with two attached hydrogens (primary N) is 1. The number of hydrogen-bond donors (Lipinski definition) is 2. The quantitative estimate of drug-likeness (QED) is 0.794. The van der Waals surface area contributed by atoms with Crippen LogP contribution < -0.4 is 11.1 Å². The summed E-state index contributed by atoms with van der Waals surface area (Å²) in [4.78, 5) is 12.1. The molecule has 124 valence electrons. The zero-order chi connectivity index (χ0) is 16.9. The summed E-state index contributed by atoms with van der Waals surface area (Å²) in [5.74, 6) is -0.137. The number of para-hydroxylation sites is 1. The Morgan fingerprint density at radius 2 is 2.09 bits per heavy atom. The minimum Gasteiger partial charge on any atom is -0.380 e. The van der Waals surface area contributed by atoms with Crippen LogP contribution in [0.4, 0.5) is 0 Å². The fourth-order valence-electron chi connectivity index (χ4n) is 2.19. The molecule has 7 heteroatoms. The van der Waals surface area contributed by atoms with Crippen LogP contribution in [0.1, 0.15) is 26.0 Å². The zero-order valence-electron chi connectivity index (χ0n) is 13.7. The lowest BCUT2D eigenvalue weighted by Crippen LogP contribution is -2.43. The summed E-state index contributed by atoms with van der Waals surface area (Å²) in [7, 11) is 1.54. The van der Waals surface area contributed by atoms with Gasteiger partial charge in [-0.05, 0) is 26.0 Å². The van der Waals surface area contributed by atoms with Gasteiger partial charge in [0.2, 0.25) is 5.91 Å². The van der Waals surface area contributed by atoms with Gasteiger partial charge in [-0.2, -0.15) is 0 Å². The maximum absolute atomic E-state index is 12.1. The van der Waals surface area contributed by atoms with Gasteiger partial charge >= 0.3 is 0 Å². The number of amides is 1. The first-order valence-corrected chi connectivity index (χ1v) is 7.48. The van der Waals surface area contributed by atoms with E-state index >= 15 is 0 Å². The molecule has 7 nitrogen and oxygen atoms in total. The molecule has 0 aliphatic rings. The van der Waals surface area contributed by atoms with Gasteiger partial charge in [0.1, 0.15) is 5.69 Å². The van der Waals surface area contributed by atoms with Crippen molar-refractivity contribution < 1.29 is 9.53 Å². The fraction of sp³-hybridized carbons (Fsp3) is 0.438. The van der Waals surface area contributed by atoms with E-state index in [1.165, 1.54) is 0 Å². The van der Waals surface area contributed by atoms with Crippen molar-refractivity contribution in [2.45, 2.75) is 31.9 Å². The van der Waals surface area contributed by atoms with Crippen molar-refractivity contribution in [1.82, 2.24) is 20.3 Å². The molecule has 1 aromatic heterocycles. The molecular weight excluding hydrogens is 294 g/mol. The third kappa shape index (κ3) is 4.37. The van der Waals surface area contributed by atoms with Crippen molar-refractivity contribution in [2.24, 2.45) is 5.73 Å². The van der Waals surface area contributed by atoms with Gasteiger partial charge < -0.3 is 15.8 Å². The average Bonchev–Trinajstić information content (AvgIpc) is 3.04. The van der Waals surface area contributed by atoms with Crippen LogP contribution in [0.5, 0.6) is 0 Å². The van der Waals surface area contributed by atoms with E-state index in [4.69, 9.17) is 10.5 Å². The molecule has 1 heterocycles. The van der Waals surface area contributed by atoms with Crippen LogP contribution in [0.2, 0.25) is 0 Å². The van der Waals surface area contributed by atoms with Gasteiger partial charge in [-0.15, -0.1) is 5.10 Å². The van der Waals surface area contributed by atoms with E-state index in [1.54, 1.807) is 11.8 Å². The van der Waals surface area contributed by atoms with Gasteiger partial charge in [0.25, 0.3) is 0 Å². The molecule has 1 unspecified atom stereocenters. The molecule has 3 N–H and O–H groups in total. The monoisotopic (exact) mass is 317 g/mol. The highest BCUT2D eigenvalue weighted by molar-refractivity contribution is 5.77. The number of carbonyl (C=O) groups excluding carboxylic acids is 1. The molecule has 23 heavy (non-hydrogen) atoms. The van der Waals surface area contributed by atoms with Crippen molar-refractivity contribution in [3.05, 3.63) is 42.2 Å². The third-order valence-electron chi connectivity index (χ3n) is 3.62. The predicted molar refractivity (Wildman–Crippen MR) is 87.0 cm³/mol. The van der Waals surface area contributed by atoms with E-state index in [-0.39, 0.29) is 18.4 Å². The van der Waals surface area contributed by atoms with E-state index in [9.17, 15) is 4.79 Å². The van der Waals surface area contributed by atoms with Gasteiger partial charge in [0.15, 0.2) is 0 Å². The second-order valence-electron chi connectivity index (χ2n) is 5.85. The van der Waals surface area contributed by atoms with E-state index in [2.05, 4.69) is 15.6 Å². The van der Waals surface area contributed by atoms with E-state index in [0.29, 0.717) is 12.2 Å². The second-order valence-corrected chi connectivity index (χ2v) is 5.85. The summed E-state index contributed by atoms with van der Waals surface area (Å²) in [6.07, 6.45) is 1.74. The molecule has 1 amide bonds. The van der Waals surface area contributed by atoms with Gasteiger partial charge in [0.05, 0.1) is 29.9 Å². The van der Waals surface area contributed by atoms with Crippen molar-refractivity contribution in [3.8, 4) is 5.69 Å². The Labute approximate surface area is 135 Å². The highest BCUT2D eigenvalue weighted by atomic mass is 16.5. The number of nitrogens with one attached hydrogen (secondary N) is 1. The molecule has 0 saturated carbocycles. The first kappa shape index (κ1) is 17.1. The van der Waals surface area contributed by atoms with Gasteiger partial charge in [-0.3, -0.25) is 4.79 Å². The maximum atomic E-state index is 12.1. The molecule has 2 rings (SSSR count). The Bertz CT molecular complexity index is 635. The molecule has 2 aromatic rings. The van der Waals surface area contributed by atoms with Gasteiger partial charge in [-0.25, -0.2) is 4.68 Å². The Hall–Kier alpha value is -2.25. The summed E-state index contributed by atoms with van der Waals surface area (Å²) in [6, 6.07) is 9.68. The van der Waals surface area contributed by atoms with Crippen molar-refractivity contribution in [1.29, 1.82) is 0 Å². The summed E-state index contributed by atoms with van der Waals surface area (Å²) in [6.45, 7) is 4.07. The molecule has 0 fully saturated rings. The lowest BCUT2D eigenvalue weighted by molar-refractivity contribution is -0.125. The minimum absolute atomic E-state index is 0.137. The minimum atomic E-state index is -0.642. The number of benzene rings is 1. The number of rotatable bonds is 7. The summed E-state index contributed by atoms with van der Waals surface area (Å²) in [5, 5.41) is 11.2. The van der Waals surface area contributed by atoms with Crippen molar-refractivity contribution in [2.75, 3.05) is 13.7 Å². The average molecular weight is 317 g/mol. The lowest BCUT2D eigenvalue weighted by atomic mass is 10.0. The highest BCUT2D eigenvalue weighted by Crippen LogP contribution is 2.19. The lowest BCUT2D eigenvalue weighted by Gasteiger charge is -2.24. The van der Waals surface area contributed by atoms with Crippen LogP contribution in [0.3, 0.4) is 0 Å². The molecule has 1 aromatic carbocycles. The largest absolute Gasteiger partial charge is 0.380 e. The topological polar surface area (TPSA) is 95.1 Å². The van der Waals surface area contributed by atoms with Crippen molar-refractivity contribution in [3.63, 3.8) is 0 Å². The molecule has 0 radical (unpaired) electrons. The van der Waals surface area contributed by atoms with E-state index < -0.39 is 5.54 Å². The van der Waals surface area contributed by atoms with Gasteiger partial charge in [-0.1, -0.05) is 23.4 Å². The Balaban J connectivity index is 2.08. The second kappa shape index (κ2) is 7.34. The molecule has 0 spiro atoms. The summed E-state index contributed by atoms with van der Waals surface area (Å²) >= 11 is 0. The molecule has 0 aliphatic heterocycles. The van der Waals surface area contributed by atoms with Crippen LogP contribution >= 0.6 is 0 Å². The fourth-order valence-corrected chi connectivity index (χ4v) is 2.19. The first-order valence-electron chi connectivity index (χ1n) is 7.48. The number of aromatic nitrogens is 3. The summed E-state index contributed by atoms with van der Waals surface area (Å²) < 4.78 is 6.82. The van der Waals surface area contributed by atoms with E-state index in [0.717, 1.165) is 5.69 Å². The molecule has 0 aliphatic carbocycles.